The fraction of sp³-hybridized carbons (Fsp3) is 0.462. The van der Waals surface area contributed by atoms with Gasteiger partial charge in [-0.3, -0.25) is 13.9 Å². The van der Waals surface area contributed by atoms with Crippen molar-refractivity contribution in [3.8, 4) is 0 Å². The third-order valence-corrected chi connectivity index (χ3v) is 8.96. The summed E-state index contributed by atoms with van der Waals surface area (Å²) in [6.07, 6.45) is 6.23. The van der Waals surface area contributed by atoms with Gasteiger partial charge in [0.1, 0.15) is 12.6 Å². The Kier molecular flexibility index (Phi) is 11.0. The maximum Gasteiger partial charge on any atom is 0.244 e. The van der Waals surface area contributed by atoms with Gasteiger partial charge in [-0.1, -0.05) is 78.7 Å². The third kappa shape index (κ3) is 7.92. The van der Waals surface area contributed by atoms with E-state index in [4.69, 9.17) is 46.4 Å². The van der Waals surface area contributed by atoms with E-state index in [1.165, 1.54) is 23.1 Å². The normalized spacial score (nSPS) is 15.1. The van der Waals surface area contributed by atoms with Gasteiger partial charge in [-0.15, -0.1) is 0 Å². The predicted octanol–water partition coefficient (Wildman–Crippen LogP) is 6.32. The van der Waals surface area contributed by atoms with E-state index >= 15 is 0 Å². The zero-order valence-electron chi connectivity index (χ0n) is 21.2. The number of nitrogens with one attached hydrogen (secondary N) is 1. The maximum atomic E-state index is 13.9. The van der Waals surface area contributed by atoms with E-state index in [0.29, 0.717) is 27.1 Å². The Balaban J connectivity index is 1.98. The van der Waals surface area contributed by atoms with E-state index in [1.54, 1.807) is 25.1 Å². The summed E-state index contributed by atoms with van der Waals surface area (Å²) in [5, 5.41) is 4.13. The summed E-state index contributed by atoms with van der Waals surface area (Å²) in [7, 11) is -3.94. The van der Waals surface area contributed by atoms with Crippen molar-refractivity contribution in [3.63, 3.8) is 0 Å². The van der Waals surface area contributed by atoms with Gasteiger partial charge < -0.3 is 10.2 Å². The molecule has 208 valence electrons. The van der Waals surface area contributed by atoms with Crippen molar-refractivity contribution in [2.24, 2.45) is 0 Å². The van der Waals surface area contributed by atoms with Crippen LogP contribution in [0.4, 0.5) is 5.69 Å². The largest absolute Gasteiger partial charge is 0.352 e. The number of hydrogen-bond acceptors (Lipinski definition) is 4. The van der Waals surface area contributed by atoms with E-state index < -0.39 is 28.5 Å². The molecule has 1 unspecified atom stereocenters. The Hall–Kier alpha value is -1.71. The first-order valence-electron chi connectivity index (χ1n) is 12.4. The molecule has 7 nitrogen and oxygen atoms in total. The first-order chi connectivity index (χ1) is 17.9. The predicted molar refractivity (Wildman–Crippen MR) is 155 cm³/mol. The molecule has 1 saturated carbocycles. The standard InChI is InChI=1S/C26H31Cl4N3O4S/c1-3-23(26(35)31-18-8-5-4-6-9-18)32(15-19-20(28)10-7-11-21(19)29)25(34)16-33(38(2,36)37)24-13-12-17(27)14-22(24)30/h7,10-14,18,23H,3-6,8-9,15-16H2,1-2H3,(H,31,35). The lowest BCUT2D eigenvalue weighted by molar-refractivity contribution is -0.140. The van der Waals surface area contributed by atoms with Crippen molar-refractivity contribution < 1.29 is 18.0 Å². The van der Waals surface area contributed by atoms with Crippen molar-refractivity contribution in [2.45, 2.75) is 64.1 Å². The highest BCUT2D eigenvalue weighted by atomic mass is 35.5. The number of anilines is 1. The monoisotopic (exact) mass is 621 g/mol. The lowest BCUT2D eigenvalue weighted by Gasteiger charge is -2.34. The maximum absolute atomic E-state index is 13.9. The van der Waals surface area contributed by atoms with Gasteiger partial charge in [0.25, 0.3) is 0 Å². The summed E-state index contributed by atoms with van der Waals surface area (Å²) < 4.78 is 26.4. The van der Waals surface area contributed by atoms with Crippen LogP contribution >= 0.6 is 46.4 Å². The second kappa shape index (κ2) is 13.6. The highest BCUT2D eigenvalue weighted by Crippen LogP contribution is 2.31. The smallest absolute Gasteiger partial charge is 0.244 e. The number of carbonyl (C=O) groups is 2. The highest BCUT2D eigenvalue weighted by Gasteiger charge is 2.34. The molecule has 3 rings (SSSR count). The van der Waals surface area contributed by atoms with Crippen LogP contribution in [-0.2, 0) is 26.2 Å². The number of amides is 2. The highest BCUT2D eigenvalue weighted by molar-refractivity contribution is 7.92. The van der Waals surface area contributed by atoms with E-state index in [0.717, 1.165) is 42.7 Å². The number of halogens is 4. The van der Waals surface area contributed by atoms with Crippen LogP contribution in [0.5, 0.6) is 0 Å². The molecule has 0 heterocycles. The second-order valence-corrected chi connectivity index (χ2v) is 12.9. The molecule has 0 bridgehead atoms. The van der Waals surface area contributed by atoms with E-state index in [1.807, 2.05) is 0 Å². The average Bonchev–Trinajstić information content (AvgIpc) is 2.84. The van der Waals surface area contributed by atoms with Crippen LogP contribution < -0.4 is 9.62 Å². The Morgan fingerprint density at radius 1 is 1.00 bits per heavy atom. The molecule has 38 heavy (non-hydrogen) atoms. The zero-order valence-corrected chi connectivity index (χ0v) is 25.1. The molecule has 1 atom stereocenters. The molecule has 1 N–H and O–H groups in total. The second-order valence-electron chi connectivity index (χ2n) is 9.35. The summed E-state index contributed by atoms with van der Waals surface area (Å²) >= 11 is 25.1. The van der Waals surface area contributed by atoms with Gasteiger partial charge in [0.2, 0.25) is 21.8 Å². The number of nitrogens with zero attached hydrogens (tertiary/aromatic N) is 2. The van der Waals surface area contributed by atoms with Crippen LogP contribution in [0, 0.1) is 0 Å². The molecule has 2 aromatic rings. The Bertz CT molecular complexity index is 1250. The van der Waals surface area contributed by atoms with Crippen LogP contribution in [0.15, 0.2) is 36.4 Å². The van der Waals surface area contributed by atoms with Crippen LogP contribution in [0.25, 0.3) is 0 Å². The fourth-order valence-electron chi connectivity index (χ4n) is 4.60. The molecule has 1 fully saturated rings. The molecule has 0 saturated heterocycles. The van der Waals surface area contributed by atoms with Crippen LogP contribution in [-0.4, -0.2) is 50.0 Å². The quantitative estimate of drug-likeness (QED) is 0.336. The number of sulfonamides is 1. The minimum absolute atomic E-state index is 0.0338. The summed E-state index contributed by atoms with van der Waals surface area (Å²) in [4.78, 5) is 28.7. The van der Waals surface area contributed by atoms with E-state index in [-0.39, 0.29) is 29.2 Å². The number of benzene rings is 2. The first-order valence-corrected chi connectivity index (χ1v) is 15.7. The Morgan fingerprint density at radius 2 is 1.63 bits per heavy atom. The Labute approximate surface area is 244 Å². The molecule has 2 amide bonds. The van der Waals surface area contributed by atoms with Gasteiger partial charge in [0.05, 0.1) is 17.0 Å². The molecule has 12 heteroatoms. The van der Waals surface area contributed by atoms with Crippen molar-refractivity contribution in [1.29, 1.82) is 0 Å². The molecule has 0 spiro atoms. The molecular formula is C26H31Cl4N3O4S. The lowest BCUT2D eigenvalue weighted by Crippen LogP contribution is -2.54. The molecular weight excluding hydrogens is 592 g/mol. The average molecular weight is 623 g/mol. The topological polar surface area (TPSA) is 86.8 Å². The molecule has 1 aliphatic carbocycles. The summed E-state index contributed by atoms with van der Waals surface area (Å²) in [6.45, 7) is 1.12. The Morgan fingerprint density at radius 3 is 2.18 bits per heavy atom. The van der Waals surface area contributed by atoms with E-state index in [9.17, 15) is 18.0 Å². The molecule has 0 aromatic heterocycles. The zero-order chi connectivity index (χ0) is 28.0. The van der Waals surface area contributed by atoms with Crippen molar-refractivity contribution in [2.75, 3.05) is 17.1 Å². The fourth-order valence-corrected chi connectivity index (χ4v) is 6.53. The van der Waals surface area contributed by atoms with E-state index in [2.05, 4.69) is 5.32 Å². The van der Waals surface area contributed by atoms with Crippen LogP contribution in [0.1, 0.15) is 51.0 Å². The summed E-state index contributed by atoms with van der Waals surface area (Å²) in [6, 6.07) is 8.44. The van der Waals surface area contributed by atoms with Gasteiger partial charge in [-0.2, -0.15) is 0 Å². The minimum Gasteiger partial charge on any atom is -0.352 e. The van der Waals surface area contributed by atoms with Gasteiger partial charge in [0.15, 0.2) is 0 Å². The van der Waals surface area contributed by atoms with Crippen molar-refractivity contribution >= 4 is 73.9 Å². The SMILES string of the molecule is CCC(C(=O)NC1CCCCC1)N(Cc1c(Cl)cccc1Cl)C(=O)CN(c1ccc(Cl)cc1Cl)S(C)(=O)=O. The first kappa shape index (κ1) is 30.8. The third-order valence-electron chi connectivity index (χ3n) is 6.59. The number of rotatable bonds is 10. The van der Waals surface area contributed by atoms with Gasteiger partial charge in [-0.25, -0.2) is 8.42 Å². The van der Waals surface area contributed by atoms with Gasteiger partial charge in [-0.05, 0) is 49.6 Å². The van der Waals surface area contributed by atoms with Crippen LogP contribution in [0.3, 0.4) is 0 Å². The van der Waals surface area contributed by atoms with Crippen molar-refractivity contribution in [3.05, 3.63) is 62.1 Å². The van der Waals surface area contributed by atoms with Crippen LogP contribution in [0.2, 0.25) is 20.1 Å². The molecule has 1 aliphatic rings. The summed E-state index contributed by atoms with van der Waals surface area (Å²) in [5.74, 6) is -0.908. The van der Waals surface area contributed by atoms with Gasteiger partial charge in [0, 0.05) is 33.2 Å². The van der Waals surface area contributed by atoms with Gasteiger partial charge >= 0.3 is 0 Å². The summed E-state index contributed by atoms with van der Waals surface area (Å²) in [5.41, 5.74) is 0.561. The van der Waals surface area contributed by atoms with Crippen molar-refractivity contribution in [1.82, 2.24) is 10.2 Å². The molecule has 2 aromatic carbocycles. The molecule has 0 radical (unpaired) electrons. The number of hydrogen-bond donors (Lipinski definition) is 1. The molecule has 0 aliphatic heterocycles. The number of carbonyl (C=O) groups excluding carboxylic acids is 2. The lowest BCUT2D eigenvalue weighted by atomic mass is 9.95. The minimum atomic E-state index is -3.94.